The van der Waals surface area contributed by atoms with E-state index in [0.29, 0.717) is 34.7 Å². The molecule has 1 amide bonds. The summed E-state index contributed by atoms with van der Waals surface area (Å²) in [6.45, 7) is 3.29. The van der Waals surface area contributed by atoms with Crippen LogP contribution < -0.4 is 10.1 Å². The maximum absolute atomic E-state index is 13.3. The van der Waals surface area contributed by atoms with Gasteiger partial charge in [0.1, 0.15) is 11.6 Å². The maximum atomic E-state index is 13.3. The summed E-state index contributed by atoms with van der Waals surface area (Å²) in [7, 11) is 5.51. The number of nitrogens with zero attached hydrogens (tertiary/aromatic N) is 5. The molecule has 0 bridgehead atoms. The van der Waals surface area contributed by atoms with Crippen molar-refractivity contribution in [2.75, 3.05) is 34.3 Å². The zero-order chi connectivity index (χ0) is 26.5. The first-order chi connectivity index (χ1) is 17.8. The molecular formula is C26H29ClN6O4. The van der Waals surface area contributed by atoms with Crippen molar-refractivity contribution in [1.29, 1.82) is 0 Å². The number of nitrogens with one attached hydrogen (secondary N) is 1. The molecule has 1 aliphatic heterocycles. The van der Waals surface area contributed by atoms with Gasteiger partial charge in [0.15, 0.2) is 11.9 Å². The van der Waals surface area contributed by atoms with Gasteiger partial charge in [-0.2, -0.15) is 0 Å². The Hall–Kier alpha value is -3.76. The van der Waals surface area contributed by atoms with Crippen molar-refractivity contribution >= 4 is 29.7 Å². The van der Waals surface area contributed by atoms with Gasteiger partial charge in [0.05, 0.1) is 18.5 Å². The van der Waals surface area contributed by atoms with Crippen molar-refractivity contribution in [3.05, 3.63) is 70.3 Å². The van der Waals surface area contributed by atoms with E-state index in [1.54, 1.807) is 19.2 Å². The van der Waals surface area contributed by atoms with Crippen molar-refractivity contribution in [3.63, 3.8) is 0 Å². The topological polar surface area (TPSA) is 111 Å². The minimum absolute atomic E-state index is 0.260. The summed E-state index contributed by atoms with van der Waals surface area (Å²) in [4.78, 5) is 31.8. The van der Waals surface area contributed by atoms with E-state index in [9.17, 15) is 9.59 Å². The Morgan fingerprint density at radius 1 is 1.22 bits per heavy atom. The van der Waals surface area contributed by atoms with Crippen LogP contribution in [0.5, 0.6) is 5.75 Å². The lowest BCUT2D eigenvalue weighted by Crippen LogP contribution is -2.41. The smallest absolute Gasteiger partial charge is 0.293 e. The first-order valence-electron chi connectivity index (χ1n) is 11.8. The third-order valence-corrected chi connectivity index (χ3v) is 6.28. The van der Waals surface area contributed by atoms with Gasteiger partial charge in [-0.1, -0.05) is 23.7 Å². The fourth-order valence-electron chi connectivity index (χ4n) is 4.25. The third-order valence-electron chi connectivity index (χ3n) is 6.03. The van der Waals surface area contributed by atoms with Gasteiger partial charge in [0.25, 0.3) is 12.4 Å². The van der Waals surface area contributed by atoms with Crippen LogP contribution in [0.3, 0.4) is 0 Å². The number of halogens is 1. The van der Waals surface area contributed by atoms with E-state index in [1.807, 2.05) is 60.8 Å². The van der Waals surface area contributed by atoms with Crippen molar-refractivity contribution in [3.8, 4) is 11.4 Å². The molecule has 1 aliphatic rings. The first-order valence-corrected chi connectivity index (χ1v) is 12.2. The van der Waals surface area contributed by atoms with E-state index in [0.717, 1.165) is 29.8 Å². The molecule has 0 aliphatic carbocycles. The zero-order valence-electron chi connectivity index (χ0n) is 21.1. The minimum Gasteiger partial charge on any atom is -0.497 e. The van der Waals surface area contributed by atoms with Gasteiger partial charge in [-0.25, -0.2) is 0 Å². The number of aryl methyl sites for hydroxylation is 1. The summed E-state index contributed by atoms with van der Waals surface area (Å²) in [6.07, 6.45) is -0.533. The maximum Gasteiger partial charge on any atom is 0.293 e. The Morgan fingerprint density at radius 3 is 2.65 bits per heavy atom. The number of ether oxygens (including phenoxy) is 2. The first kappa shape index (κ1) is 26.3. The van der Waals surface area contributed by atoms with Gasteiger partial charge in [-0.3, -0.25) is 19.1 Å². The molecule has 0 saturated carbocycles. The number of carbonyl (C=O) groups is 2. The van der Waals surface area contributed by atoms with E-state index in [-0.39, 0.29) is 6.47 Å². The quantitative estimate of drug-likeness (QED) is 0.320. The lowest BCUT2D eigenvalue weighted by atomic mass is 10.00. The zero-order valence-corrected chi connectivity index (χ0v) is 21.9. The normalized spacial score (nSPS) is 15.2. The van der Waals surface area contributed by atoms with Crippen LogP contribution in [-0.4, -0.2) is 78.2 Å². The molecule has 3 aromatic rings. The van der Waals surface area contributed by atoms with Crippen molar-refractivity contribution < 1.29 is 19.1 Å². The number of rotatable bonds is 10. The van der Waals surface area contributed by atoms with Gasteiger partial charge in [-0.15, -0.1) is 10.2 Å². The Morgan fingerprint density at radius 2 is 1.97 bits per heavy atom. The van der Waals surface area contributed by atoms with Crippen LogP contribution in [0.25, 0.3) is 5.69 Å². The molecule has 1 aromatic heterocycles. The summed E-state index contributed by atoms with van der Waals surface area (Å²) >= 11 is 6.15. The predicted octanol–water partition coefficient (Wildman–Crippen LogP) is 2.74. The number of aliphatic imine (C=N–C) groups is 1. The molecule has 0 spiro atoms. The molecule has 0 fully saturated rings. The average Bonchev–Trinajstić information content (AvgIpc) is 3.20. The molecule has 10 nitrogen and oxygen atoms in total. The molecule has 1 N–H and O–H groups in total. The highest BCUT2D eigenvalue weighted by Gasteiger charge is 2.38. The van der Waals surface area contributed by atoms with E-state index in [1.165, 1.54) is 0 Å². The molecule has 2 aromatic carbocycles. The van der Waals surface area contributed by atoms with Gasteiger partial charge in [-0.05, 0) is 64.3 Å². The van der Waals surface area contributed by atoms with E-state index < -0.39 is 18.1 Å². The van der Waals surface area contributed by atoms with Crippen LogP contribution in [0.1, 0.15) is 35.2 Å². The highest BCUT2D eigenvalue weighted by molar-refractivity contribution is 6.30. The van der Waals surface area contributed by atoms with Crippen LogP contribution in [0.4, 0.5) is 0 Å². The Balaban J connectivity index is 1.86. The summed E-state index contributed by atoms with van der Waals surface area (Å²) in [6, 6.07) is 11.8. The lowest BCUT2D eigenvalue weighted by Gasteiger charge is -2.21. The molecule has 37 heavy (non-hydrogen) atoms. The summed E-state index contributed by atoms with van der Waals surface area (Å²) in [5.74, 6) is 1.13. The number of hydrogen-bond acceptors (Lipinski definition) is 8. The van der Waals surface area contributed by atoms with Gasteiger partial charge in [0.2, 0.25) is 6.10 Å². The standard InChI is InChI=1S/C26H29ClN6O4/c1-16-30-31-25-23(24(37-15-34)26(35)28-12-5-13-32(2)3)29-22(17-6-8-18(27)9-7-17)20-14-19(36-4)10-11-21(20)33(16)25/h6-11,14-15,23-24H,5,12-13H2,1-4H3,(H,28,35)/t23-,24?/m1/s1. The fourth-order valence-corrected chi connectivity index (χ4v) is 4.37. The van der Waals surface area contributed by atoms with Crippen molar-refractivity contribution in [1.82, 2.24) is 25.0 Å². The number of hydrogen-bond donors (Lipinski definition) is 1. The number of amides is 1. The molecule has 1 unspecified atom stereocenters. The average molecular weight is 525 g/mol. The van der Waals surface area contributed by atoms with Crippen LogP contribution in [0.15, 0.2) is 47.5 Å². The van der Waals surface area contributed by atoms with Gasteiger partial charge < -0.3 is 19.7 Å². The molecule has 2 heterocycles. The van der Waals surface area contributed by atoms with Crippen LogP contribution >= 0.6 is 11.6 Å². The van der Waals surface area contributed by atoms with Crippen molar-refractivity contribution in [2.45, 2.75) is 25.5 Å². The summed E-state index contributed by atoms with van der Waals surface area (Å²) in [5.41, 5.74) is 2.83. The van der Waals surface area contributed by atoms with E-state index in [2.05, 4.69) is 15.5 Å². The predicted molar refractivity (Wildman–Crippen MR) is 140 cm³/mol. The van der Waals surface area contributed by atoms with Crippen LogP contribution in [0.2, 0.25) is 5.02 Å². The monoisotopic (exact) mass is 524 g/mol. The molecule has 0 radical (unpaired) electrons. The Kier molecular flexibility index (Phi) is 8.20. The van der Waals surface area contributed by atoms with Gasteiger partial charge in [0, 0.05) is 22.7 Å². The van der Waals surface area contributed by atoms with E-state index >= 15 is 0 Å². The number of fused-ring (bicyclic) bond motifs is 3. The molecule has 0 saturated heterocycles. The highest BCUT2D eigenvalue weighted by atomic mass is 35.5. The second-order valence-electron chi connectivity index (χ2n) is 8.85. The number of carbonyl (C=O) groups excluding carboxylic acids is 2. The second-order valence-corrected chi connectivity index (χ2v) is 9.29. The molecule has 194 valence electrons. The fraction of sp³-hybridized carbons (Fsp3) is 0.346. The highest BCUT2D eigenvalue weighted by Crippen LogP contribution is 2.35. The Bertz CT molecular complexity index is 1300. The van der Waals surface area contributed by atoms with Gasteiger partial charge >= 0.3 is 0 Å². The molecule has 11 heteroatoms. The van der Waals surface area contributed by atoms with Crippen molar-refractivity contribution in [2.24, 2.45) is 4.99 Å². The largest absolute Gasteiger partial charge is 0.497 e. The number of aromatic nitrogens is 3. The number of methoxy groups -OCH3 is 1. The SMILES string of the molecule is COc1ccc2c(c1)C(c1ccc(Cl)cc1)=N[C@H](C(OC=O)C(=O)NCCCN(C)C)c1nnc(C)n1-2. The Labute approximate surface area is 220 Å². The third kappa shape index (κ3) is 5.65. The molecule has 4 rings (SSSR count). The second kappa shape index (κ2) is 11.5. The summed E-state index contributed by atoms with van der Waals surface area (Å²) < 4.78 is 12.7. The number of benzene rings is 2. The lowest BCUT2D eigenvalue weighted by molar-refractivity contribution is -0.146. The molecular weight excluding hydrogens is 496 g/mol. The minimum atomic E-state index is -1.27. The van der Waals surface area contributed by atoms with E-state index in [4.69, 9.17) is 26.1 Å². The van der Waals surface area contributed by atoms with Crippen LogP contribution in [0, 0.1) is 6.92 Å². The molecule has 2 atom stereocenters. The van der Waals surface area contributed by atoms with Crippen LogP contribution in [-0.2, 0) is 14.3 Å². The summed E-state index contributed by atoms with van der Waals surface area (Å²) in [5, 5.41) is 12.1.